The van der Waals surface area contributed by atoms with Crippen molar-refractivity contribution in [2.75, 3.05) is 17.6 Å². The smallest absolute Gasteiger partial charge is 0.263 e. The number of benzene rings is 2. The Balaban J connectivity index is 2.41. The number of sulfonamides is 1. The Morgan fingerprint density at radius 3 is 2.57 bits per heavy atom. The molecule has 2 aromatic carbocycles. The Hall–Kier alpha value is -1.73. The van der Waals surface area contributed by atoms with Crippen molar-refractivity contribution in [2.45, 2.75) is 11.8 Å². The molecule has 0 saturated heterocycles. The Kier molecular flexibility index (Phi) is 4.43. The van der Waals surface area contributed by atoms with E-state index in [9.17, 15) is 8.42 Å². The Bertz CT molecular complexity index is 776. The maximum absolute atomic E-state index is 12.4. The molecule has 0 atom stereocenters. The summed E-state index contributed by atoms with van der Waals surface area (Å²) in [6.07, 6.45) is 0. The van der Waals surface area contributed by atoms with Crippen LogP contribution >= 0.6 is 15.9 Å². The van der Waals surface area contributed by atoms with Gasteiger partial charge in [0.1, 0.15) is 10.6 Å². The van der Waals surface area contributed by atoms with Gasteiger partial charge in [-0.3, -0.25) is 4.72 Å². The van der Waals surface area contributed by atoms with Crippen LogP contribution in [0.3, 0.4) is 0 Å². The summed E-state index contributed by atoms with van der Waals surface area (Å²) in [7, 11) is -2.27. The van der Waals surface area contributed by atoms with Crippen molar-refractivity contribution in [2.24, 2.45) is 0 Å². The molecule has 7 heteroatoms. The standard InChI is InChI=1S/C14H15BrN2O3S/c1-9-11(15)4-3-5-13(9)17-21(18,19)14-7-6-10(20-2)8-12(14)16/h3-8,17H,16H2,1-2H3. The third-order valence-electron chi connectivity index (χ3n) is 3.02. The molecule has 0 amide bonds. The summed E-state index contributed by atoms with van der Waals surface area (Å²) >= 11 is 3.37. The number of rotatable bonds is 4. The first-order valence-corrected chi connectivity index (χ1v) is 8.34. The van der Waals surface area contributed by atoms with Crippen LogP contribution in [-0.2, 0) is 10.0 Å². The summed E-state index contributed by atoms with van der Waals surface area (Å²) in [6.45, 7) is 1.82. The van der Waals surface area contributed by atoms with Gasteiger partial charge in [0.05, 0.1) is 18.5 Å². The van der Waals surface area contributed by atoms with Gasteiger partial charge < -0.3 is 10.5 Å². The average molecular weight is 371 g/mol. The van der Waals surface area contributed by atoms with Crippen molar-refractivity contribution in [3.8, 4) is 5.75 Å². The fourth-order valence-corrected chi connectivity index (χ4v) is 3.42. The molecular weight excluding hydrogens is 356 g/mol. The summed E-state index contributed by atoms with van der Waals surface area (Å²) in [5.74, 6) is 0.505. The van der Waals surface area contributed by atoms with Crippen LogP contribution < -0.4 is 15.2 Å². The Morgan fingerprint density at radius 1 is 1.24 bits per heavy atom. The molecule has 0 aromatic heterocycles. The van der Waals surface area contributed by atoms with Gasteiger partial charge in [0, 0.05) is 10.5 Å². The van der Waals surface area contributed by atoms with Gasteiger partial charge in [0.15, 0.2) is 0 Å². The largest absolute Gasteiger partial charge is 0.497 e. The molecule has 2 rings (SSSR count). The Morgan fingerprint density at radius 2 is 1.95 bits per heavy atom. The van der Waals surface area contributed by atoms with Gasteiger partial charge in [-0.2, -0.15) is 0 Å². The fraction of sp³-hybridized carbons (Fsp3) is 0.143. The van der Waals surface area contributed by atoms with Gasteiger partial charge in [0.25, 0.3) is 10.0 Å². The number of hydrogen-bond acceptors (Lipinski definition) is 4. The number of halogens is 1. The van der Waals surface area contributed by atoms with Gasteiger partial charge in [-0.25, -0.2) is 8.42 Å². The number of methoxy groups -OCH3 is 1. The number of nitrogens with one attached hydrogen (secondary N) is 1. The van der Waals surface area contributed by atoms with Crippen molar-refractivity contribution in [3.63, 3.8) is 0 Å². The summed E-state index contributed by atoms with van der Waals surface area (Å²) in [6, 6.07) is 9.74. The van der Waals surface area contributed by atoms with E-state index in [1.165, 1.54) is 19.2 Å². The molecular formula is C14H15BrN2O3S. The lowest BCUT2D eigenvalue weighted by atomic mass is 10.2. The zero-order valence-electron chi connectivity index (χ0n) is 11.6. The van der Waals surface area contributed by atoms with Crippen molar-refractivity contribution >= 4 is 37.3 Å². The predicted molar refractivity (Wildman–Crippen MR) is 87.1 cm³/mol. The summed E-state index contributed by atoms with van der Waals surface area (Å²) < 4.78 is 33.3. The van der Waals surface area contributed by atoms with Crippen LogP contribution in [0, 0.1) is 6.92 Å². The summed E-state index contributed by atoms with van der Waals surface area (Å²) in [5, 5.41) is 0. The Labute approximate surface area is 132 Å². The highest BCUT2D eigenvalue weighted by molar-refractivity contribution is 9.10. The van der Waals surface area contributed by atoms with Crippen LogP contribution in [0.1, 0.15) is 5.56 Å². The van der Waals surface area contributed by atoms with E-state index in [1.807, 2.05) is 13.0 Å². The second-order valence-electron chi connectivity index (χ2n) is 4.42. The molecule has 0 unspecified atom stereocenters. The van der Waals surface area contributed by atoms with Crippen LogP contribution in [0.4, 0.5) is 11.4 Å². The van der Waals surface area contributed by atoms with Crippen molar-refractivity contribution < 1.29 is 13.2 Å². The van der Waals surface area contributed by atoms with E-state index in [0.717, 1.165) is 10.0 Å². The molecule has 0 bridgehead atoms. The van der Waals surface area contributed by atoms with E-state index >= 15 is 0 Å². The number of ether oxygens (including phenoxy) is 1. The normalized spacial score (nSPS) is 11.2. The second-order valence-corrected chi connectivity index (χ2v) is 6.93. The molecule has 0 aliphatic carbocycles. The quantitative estimate of drug-likeness (QED) is 0.809. The molecule has 112 valence electrons. The molecule has 0 aliphatic rings. The van der Waals surface area contributed by atoms with Gasteiger partial charge in [-0.1, -0.05) is 22.0 Å². The number of nitrogens with two attached hydrogens (primary N) is 1. The molecule has 5 nitrogen and oxygen atoms in total. The maximum Gasteiger partial charge on any atom is 0.263 e. The number of nitrogen functional groups attached to an aromatic ring is 1. The van der Waals surface area contributed by atoms with E-state index in [1.54, 1.807) is 18.2 Å². The van der Waals surface area contributed by atoms with Crippen LogP contribution in [0.5, 0.6) is 5.75 Å². The minimum absolute atomic E-state index is 0.0164. The fourth-order valence-electron chi connectivity index (χ4n) is 1.82. The van der Waals surface area contributed by atoms with Crippen molar-refractivity contribution in [1.29, 1.82) is 0 Å². The third kappa shape index (κ3) is 3.30. The van der Waals surface area contributed by atoms with E-state index in [-0.39, 0.29) is 10.6 Å². The maximum atomic E-state index is 12.4. The van der Waals surface area contributed by atoms with E-state index in [4.69, 9.17) is 10.5 Å². The second kappa shape index (κ2) is 5.95. The molecule has 0 radical (unpaired) electrons. The molecule has 0 heterocycles. The van der Waals surface area contributed by atoms with Crippen LogP contribution in [0.15, 0.2) is 45.8 Å². The molecule has 21 heavy (non-hydrogen) atoms. The predicted octanol–water partition coefficient (Wildman–Crippen LogP) is 3.15. The number of anilines is 2. The molecule has 0 spiro atoms. The van der Waals surface area contributed by atoms with Crippen molar-refractivity contribution in [3.05, 3.63) is 46.4 Å². The number of hydrogen-bond donors (Lipinski definition) is 2. The highest BCUT2D eigenvalue weighted by Gasteiger charge is 2.19. The topological polar surface area (TPSA) is 81.4 Å². The first-order chi connectivity index (χ1) is 9.85. The van der Waals surface area contributed by atoms with E-state index in [2.05, 4.69) is 20.7 Å². The van der Waals surface area contributed by atoms with Crippen molar-refractivity contribution in [1.82, 2.24) is 0 Å². The molecule has 2 aromatic rings. The lowest BCUT2D eigenvalue weighted by Gasteiger charge is -2.13. The zero-order chi connectivity index (χ0) is 15.6. The van der Waals surface area contributed by atoms with Crippen LogP contribution in [0.2, 0.25) is 0 Å². The molecule has 0 fully saturated rings. The van der Waals surface area contributed by atoms with Gasteiger partial charge in [-0.15, -0.1) is 0 Å². The zero-order valence-corrected chi connectivity index (χ0v) is 14.0. The lowest BCUT2D eigenvalue weighted by Crippen LogP contribution is -2.15. The van der Waals surface area contributed by atoms with Crippen LogP contribution in [-0.4, -0.2) is 15.5 Å². The summed E-state index contributed by atoms with van der Waals surface area (Å²) in [5.41, 5.74) is 7.23. The minimum atomic E-state index is -3.76. The minimum Gasteiger partial charge on any atom is -0.497 e. The molecule has 3 N–H and O–H groups in total. The molecule has 0 aliphatic heterocycles. The van der Waals surface area contributed by atoms with Gasteiger partial charge >= 0.3 is 0 Å². The first kappa shape index (κ1) is 15.7. The highest BCUT2D eigenvalue weighted by Crippen LogP contribution is 2.28. The third-order valence-corrected chi connectivity index (χ3v) is 5.32. The lowest BCUT2D eigenvalue weighted by molar-refractivity contribution is 0.414. The van der Waals surface area contributed by atoms with Gasteiger partial charge in [-0.05, 0) is 36.8 Å². The molecule has 0 saturated carbocycles. The van der Waals surface area contributed by atoms with E-state index < -0.39 is 10.0 Å². The van der Waals surface area contributed by atoms with Gasteiger partial charge in [0.2, 0.25) is 0 Å². The van der Waals surface area contributed by atoms with E-state index in [0.29, 0.717) is 11.4 Å². The monoisotopic (exact) mass is 370 g/mol. The highest BCUT2D eigenvalue weighted by atomic mass is 79.9. The van der Waals surface area contributed by atoms with Crippen LogP contribution in [0.25, 0.3) is 0 Å². The summed E-state index contributed by atoms with van der Waals surface area (Å²) in [4.78, 5) is 0.0164. The SMILES string of the molecule is COc1ccc(S(=O)(=O)Nc2cccc(Br)c2C)c(N)c1. The first-order valence-electron chi connectivity index (χ1n) is 6.06. The average Bonchev–Trinajstić information content (AvgIpc) is 2.43.